The van der Waals surface area contributed by atoms with E-state index < -0.39 is 0 Å². The molecule has 28 heavy (non-hydrogen) atoms. The summed E-state index contributed by atoms with van der Waals surface area (Å²) in [4.78, 5) is 12.7. The number of allylic oxidation sites excluding steroid dienone is 1. The van der Waals surface area contributed by atoms with Crippen molar-refractivity contribution in [2.75, 3.05) is 20.0 Å². The average molecular weight is 399 g/mol. The van der Waals surface area contributed by atoms with Gasteiger partial charge in [-0.05, 0) is 29.8 Å². The quantitative estimate of drug-likeness (QED) is 0.334. The summed E-state index contributed by atoms with van der Waals surface area (Å²) in [5.41, 5.74) is 1.14. The Bertz CT molecular complexity index is 933. The molecule has 0 bridgehead atoms. The second kappa shape index (κ2) is 9.15. The summed E-state index contributed by atoms with van der Waals surface area (Å²) < 4.78 is 21.8. The summed E-state index contributed by atoms with van der Waals surface area (Å²) in [7, 11) is 0. The molecule has 0 fully saturated rings. The Morgan fingerprint density at radius 1 is 1.04 bits per heavy atom. The Morgan fingerprint density at radius 3 is 2.50 bits per heavy atom. The standard InChI is InChI=1S/C22H19ClO5/c1-3-9-25-20-13-21(26-10-4-2)17(23)12-16(20)18(24)7-5-15-6-8-19-22(11-15)28-14-27-19/h3-8,11-13H,1-2,9-10,14H2/b7-5+. The van der Waals surface area contributed by atoms with Crippen LogP contribution < -0.4 is 18.9 Å². The van der Waals surface area contributed by atoms with Crippen LogP contribution in [0.1, 0.15) is 15.9 Å². The summed E-state index contributed by atoms with van der Waals surface area (Å²) in [5, 5.41) is 0.313. The second-order valence-corrected chi connectivity index (χ2v) is 6.20. The third-order valence-corrected chi connectivity index (χ3v) is 4.13. The van der Waals surface area contributed by atoms with Crippen LogP contribution in [-0.4, -0.2) is 25.8 Å². The molecule has 0 unspecified atom stereocenters. The molecule has 3 rings (SSSR count). The number of rotatable bonds is 9. The summed E-state index contributed by atoms with van der Waals surface area (Å²) in [6.07, 6.45) is 6.34. The van der Waals surface area contributed by atoms with Gasteiger partial charge in [-0.15, -0.1) is 0 Å². The van der Waals surface area contributed by atoms with E-state index >= 15 is 0 Å². The second-order valence-electron chi connectivity index (χ2n) is 5.79. The fourth-order valence-corrected chi connectivity index (χ4v) is 2.75. The zero-order valence-corrected chi connectivity index (χ0v) is 15.9. The minimum atomic E-state index is -0.256. The van der Waals surface area contributed by atoms with E-state index in [1.807, 2.05) is 6.07 Å². The smallest absolute Gasteiger partial charge is 0.231 e. The molecule has 0 radical (unpaired) electrons. The van der Waals surface area contributed by atoms with E-state index in [-0.39, 0.29) is 25.8 Å². The molecule has 2 aromatic rings. The molecule has 1 aliphatic heterocycles. The molecule has 0 aliphatic carbocycles. The predicted octanol–water partition coefficient (Wildman–Crippen LogP) is 5.09. The zero-order valence-electron chi connectivity index (χ0n) is 15.2. The van der Waals surface area contributed by atoms with Crippen molar-refractivity contribution in [1.29, 1.82) is 0 Å². The van der Waals surface area contributed by atoms with Gasteiger partial charge in [-0.2, -0.15) is 0 Å². The number of fused-ring (bicyclic) bond motifs is 1. The van der Waals surface area contributed by atoms with Crippen molar-refractivity contribution in [3.63, 3.8) is 0 Å². The first-order chi connectivity index (χ1) is 13.6. The monoisotopic (exact) mass is 398 g/mol. The van der Waals surface area contributed by atoms with Crippen molar-refractivity contribution >= 4 is 23.5 Å². The first-order valence-corrected chi connectivity index (χ1v) is 8.93. The van der Waals surface area contributed by atoms with Crippen LogP contribution in [0.25, 0.3) is 6.08 Å². The summed E-state index contributed by atoms with van der Waals surface area (Å²) in [6.45, 7) is 7.97. The SMILES string of the molecule is C=CCOc1cc(OCC=C)c(C(=O)/C=C/c2ccc3c(c2)OCO3)cc1Cl. The van der Waals surface area contributed by atoms with Crippen molar-refractivity contribution in [2.24, 2.45) is 0 Å². The van der Waals surface area contributed by atoms with Crippen LogP contribution in [0, 0.1) is 0 Å². The van der Waals surface area contributed by atoms with Crippen LogP contribution in [0.2, 0.25) is 5.02 Å². The molecule has 1 heterocycles. The van der Waals surface area contributed by atoms with Crippen molar-refractivity contribution in [3.05, 3.63) is 77.9 Å². The van der Waals surface area contributed by atoms with Crippen LogP contribution >= 0.6 is 11.6 Å². The molecule has 0 amide bonds. The number of hydrogen-bond acceptors (Lipinski definition) is 5. The molecule has 0 saturated heterocycles. The molecule has 0 N–H and O–H groups in total. The molecule has 144 valence electrons. The molecular formula is C22H19ClO5. The summed E-state index contributed by atoms with van der Waals surface area (Å²) in [5.74, 6) is 1.86. The Balaban J connectivity index is 1.85. The molecule has 0 aromatic heterocycles. The number of benzene rings is 2. The van der Waals surface area contributed by atoms with Gasteiger partial charge in [0.25, 0.3) is 0 Å². The fraction of sp³-hybridized carbons (Fsp3) is 0.136. The van der Waals surface area contributed by atoms with Crippen LogP contribution in [0.5, 0.6) is 23.0 Å². The predicted molar refractivity (Wildman–Crippen MR) is 109 cm³/mol. The Morgan fingerprint density at radius 2 is 1.75 bits per heavy atom. The van der Waals surface area contributed by atoms with Gasteiger partial charge in [0.2, 0.25) is 6.79 Å². The van der Waals surface area contributed by atoms with Gasteiger partial charge < -0.3 is 18.9 Å². The van der Waals surface area contributed by atoms with Crippen molar-refractivity contribution in [2.45, 2.75) is 0 Å². The lowest BCUT2D eigenvalue weighted by Gasteiger charge is -2.13. The minimum Gasteiger partial charge on any atom is -0.489 e. The number of ether oxygens (including phenoxy) is 4. The lowest BCUT2D eigenvalue weighted by Crippen LogP contribution is -2.04. The number of carbonyl (C=O) groups is 1. The third-order valence-electron chi connectivity index (χ3n) is 3.84. The summed E-state index contributed by atoms with van der Waals surface area (Å²) >= 11 is 6.25. The van der Waals surface area contributed by atoms with E-state index in [1.54, 1.807) is 36.4 Å². The van der Waals surface area contributed by atoms with Gasteiger partial charge in [-0.25, -0.2) is 0 Å². The normalized spacial score (nSPS) is 12.0. The van der Waals surface area contributed by atoms with Gasteiger partial charge in [0.05, 0.1) is 10.6 Å². The Kier molecular flexibility index (Phi) is 6.40. The zero-order chi connectivity index (χ0) is 19.9. The van der Waals surface area contributed by atoms with Crippen molar-refractivity contribution in [3.8, 4) is 23.0 Å². The maximum atomic E-state index is 12.7. The van der Waals surface area contributed by atoms with Crippen LogP contribution in [0.15, 0.2) is 61.7 Å². The maximum Gasteiger partial charge on any atom is 0.231 e. The lowest BCUT2D eigenvalue weighted by atomic mass is 10.1. The van der Waals surface area contributed by atoms with E-state index in [9.17, 15) is 4.79 Å². The maximum absolute atomic E-state index is 12.7. The largest absolute Gasteiger partial charge is 0.489 e. The van der Waals surface area contributed by atoms with E-state index in [0.717, 1.165) is 5.56 Å². The highest BCUT2D eigenvalue weighted by Gasteiger charge is 2.16. The highest BCUT2D eigenvalue weighted by Crippen LogP contribution is 2.35. The first-order valence-electron chi connectivity index (χ1n) is 8.55. The van der Waals surface area contributed by atoms with Crippen LogP contribution in [-0.2, 0) is 0 Å². The molecule has 2 aromatic carbocycles. The molecule has 1 aliphatic rings. The van der Waals surface area contributed by atoms with Gasteiger partial charge in [0, 0.05) is 6.07 Å². The molecule has 6 heteroatoms. The topological polar surface area (TPSA) is 54.0 Å². The number of halogens is 1. The highest BCUT2D eigenvalue weighted by molar-refractivity contribution is 6.32. The lowest BCUT2D eigenvalue weighted by molar-refractivity contribution is 0.104. The highest BCUT2D eigenvalue weighted by atomic mass is 35.5. The number of hydrogen-bond donors (Lipinski definition) is 0. The van der Waals surface area contributed by atoms with Gasteiger partial charge >= 0.3 is 0 Å². The van der Waals surface area contributed by atoms with Crippen LogP contribution in [0.4, 0.5) is 0 Å². The number of ketones is 1. The van der Waals surface area contributed by atoms with E-state index in [4.69, 9.17) is 30.5 Å². The van der Waals surface area contributed by atoms with Gasteiger partial charge in [0.1, 0.15) is 24.7 Å². The summed E-state index contributed by atoms with van der Waals surface area (Å²) in [6, 6.07) is 8.57. The molecule has 0 atom stereocenters. The third kappa shape index (κ3) is 4.56. The van der Waals surface area contributed by atoms with Gasteiger partial charge in [-0.3, -0.25) is 4.79 Å². The molecule has 0 saturated carbocycles. The first kappa shape index (κ1) is 19.6. The van der Waals surface area contributed by atoms with Crippen molar-refractivity contribution < 1.29 is 23.7 Å². The number of carbonyl (C=O) groups excluding carboxylic acids is 1. The van der Waals surface area contributed by atoms with E-state index in [1.165, 1.54) is 12.1 Å². The molecule has 0 spiro atoms. The fourth-order valence-electron chi connectivity index (χ4n) is 2.53. The van der Waals surface area contributed by atoms with E-state index in [2.05, 4.69) is 13.2 Å². The van der Waals surface area contributed by atoms with Crippen LogP contribution in [0.3, 0.4) is 0 Å². The van der Waals surface area contributed by atoms with Crippen molar-refractivity contribution in [1.82, 2.24) is 0 Å². The van der Waals surface area contributed by atoms with E-state index in [0.29, 0.717) is 33.6 Å². The van der Waals surface area contributed by atoms with Gasteiger partial charge in [-0.1, -0.05) is 49.1 Å². The Hall–Kier alpha value is -3.18. The molecule has 5 nitrogen and oxygen atoms in total. The molecular weight excluding hydrogens is 380 g/mol. The van der Waals surface area contributed by atoms with Gasteiger partial charge in [0.15, 0.2) is 17.3 Å². The average Bonchev–Trinajstić information content (AvgIpc) is 3.17. The Labute approximate surface area is 168 Å². The minimum absolute atomic E-state index is 0.199.